The highest BCUT2D eigenvalue weighted by Crippen LogP contribution is 2.27. The largest absolute Gasteiger partial charge is 0.360 e. The summed E-state index contributed by atoms with van der Waals surface area (Å²) >= 11 is 0. The second-order valence-corrected chi connectivity index (χ2v) is 11.3. The van der Waals surface area contributed by atoms with Crippen molar-refractivity contribution in [3.8, 4) is 0 Å². The summed E-state index contributed by atoms with van der Waals surface area (Å²) in [5.74, 6) is 0.178. The predicted octanol–water partition coefficient (Wildman–Crippen LogP) is 3.26. The number of carbonyl (C=O) groups is 1. The molecular formula is C23H31N3O4S. The molecule has 1 amide bonds. The molecular weight excluding hydrogens is 414 g/mol. The number of amides is 1. The molecule has 1 saturated carbocycles. The van der Waals surface area contributed by atoms with Crippen molar-refractivity contribution in [3.63, 3.8) is 0 Å². The van der Waals surface area contributed by atoms with Gasteiger partial charge in [0.25, 0.3) is 5.91 Å². The molecule has 2 atom stereocenters. The number of fused-ring (bicyclic) bond motifs is 1. The van der Waals surface area contributed by atoms with Crippen molar-refractivity contribution in [2.45, 2.75) is 63.3 Å². The molecule has 8 heteroatoms. The van der Waals surface area contributed by atoms with Crippen LogP contribution in [0.15, 0.2) is 34.1 Å². The minimum Gasteiger partial charge on any atom is -0.360 e. The number of hydrogen-bond acceptors (Lipinski definition) is 4. The van der Waals surface area contributed by atoms with E-state index in [-0.39, 0.29) is 33.7 Å². The Morgan fingerprint density at radius 1 is 1.10 bits per heavy atom. The lowest BCUT2D eigenvalue weighted by atomic mass is 9.94. The monoisotopic (exact) mass is 445 g/mol. The van der Waals surface area contributed by atoms with Crippen LogP contribution in [-0.2, 0) is 10.0 Å². The molecule has 1 aliphatic carbocycles. The Morgan fingerprint density at radius 3 is 2.45 bits per heavy atom. The van der Waals surface area contributed by atoms with Crippen molar-refractivity contribution in [3.05, 3.63) is 40.2 Å². The number of H-pyrrole nitrogens is 1. The van der Waals surface area contributed by atoms with Gasteiger partial charge in [0.1, 0.15) is 5.56 Å². The lowest BCUT2D eigenvalue weighted by Crippen LogP contribution is -2.42. The van der Waals surface area contributed by atoms with Gasteiger partial charge in [0.05, 0.1) is 4.90 Å². The van der Waals surface area contributed by atoms with E-state index in [0.717, 1.165) is 32.1 Å². The van der Waals surface area contributed by atoms with E-state index in [9.17, 15) is 18.0 Å². The maximum absolute atomic E-state index is 13.2. The number of nitrogens with zero attached hydrogens (tertiary/aromatic N) is 1. The van der Waals surface area contributed by atoms with Crippen LogP contribution in [0.25, 0.3) is 10.9 Å². The first-order valence-electron chi connectivity index (χ1n) is 11.2. The molecule has 1 aromatic carbocycles. The number of sulfonamides is 1. The molecule has 0 radical (unpaired) electrons. The highest BCUT2D eigenvalue weighted by Gasteiger charge is 2.32. The van der Waals surface area contributed by atoms with Gasteiger partial charge in [0.15, 0.2) is 0 Å². The SMILES string of the molecule is CC1CC(C)CN(S(=O)(=O)c2ccc3[nH]cc(C(=O)NC4CCCCC4)c(=O)c3c2)C1. The molecule has 31 heavy (non-hydrogen) atoms. The van der Waals surface area contributed by atoms with Crippen LogP contribution in [0, 0.1) is 11.8 Å². The Labute approximate surface area is 183 Å². The molecule has 1 aliphatic heterocycles. The number of benzene rings is 1. The first-order chi connectivity index (χ1) is 14.8. The summed E-state index contributed by atoms with van der Waals surface area (Å²) in [6.07, 6.45) is 7.60. The Hall–Kier alpha value is -2.19. The fraction of sp³-hybridized carbons (Fsp3) is 0.565. The molecule has 1 aromatic heterocycles. The second kappa shape index (κ2) is 8.74. The molecule has 0 spiro atoms. The summed E-state index contributed by atoms with van der Waals surface area (Å²) in [5.41, 5.74) is 0.0888. The van der Waals surface area contributed by atoms with Crippen LogP contribution >= 0.6 is 0 Å². The van der Waals surface area contributed by atoms with E-state index >= 15 is 0 Å². The maximum atomic E-state index is 13.2. The molecule has 0 bridgehead atoms. The minimum absolute atomic E-state index is 0.0211. The molecule has 7 nitrogen and oxygen atoms in total. The van der Waals surface area contributed by atoms with Gasteiger partial charge in [-0.2, -0.15) is 4.31 Å². The van der Waals surface area contributed by atoms with Crippen LogP contribution < -0.4 is 10.7 Å². The number of aromatic nitrogens is 1. The van der Waals surface area contributed by atoms with Crippen LogP contribution in [0.3, 0.4) is 0 Å². The zero-order valence-electron chi connectivity index (χ0n) is 18.2. The third kappa shape index (κ3) is 4.55. The first-order valence-corrected chi connectivity index (χ1v) is 12.7. The van der Waals surface area contributed by atoms with Crippen LogP contribution in [0.2, 0.25) is 0 Å². The van der Waals surface area contributed by atoms with Gasteiger partial charge in [-0.1, -0.05) is 33.1 Å². The van der Waals surface area contributed by atoms with E-state index in [1.165, 1.54) is 29.1 Å². The molecule has 168 valence electrons. The maximum Gasteiger partial charge on any atom is 0.256 e. The van der Waals surface area contributed by atoms with Crippen molar-refractivity contribution < 1.29 is 13.2 Å². The summed E-state index contributed by atoms with van der Waals surface area (Å²) in [6.45, 7) is 5.07. The second-order valence-electron chi connectivity index (χ2n) is 9.32. The standard InChI is InChI=1S/C23H31N3O4S/c1-15-10-16(2)14-26(13-15)31(29,30)18-8-9-21-19(11-18)22(27)20(12-24-21)23(28)25-17-6-4-3-5-7-17/h8-9,11-12,15-17H,3-7,10,13-14H2,1-2H3,(H,24,27)(H,25,28). The lowest BCUT2D eigenvalue weighted by Gasteiger charge is -2.34. The lowest BCUT2D eigenvalue weighted by molar-refractivity contribution is 0.0926. The Bertz CT molecular complexity index is 1130. The summed E-state index contributed by atoms with van der Waals surface area (Å²) in [6, 6.07) is 4.62. The predicted molar refractivity (Wildman–Crippen MR) is 121 cm³/mol. The van der Waals surface area contributed by atoms with Crippen LogP contribution in [0.4, 0.5) is 0 Å². The van der Waals surface area contributed by atoms with Gasteiger partial charge in [0.2, 0.25) is 15.5 Å². The number of rotatable bonds is 4. The van der Waals surface area contributed by atoms with Crippen LogP contribution in [-0.4, -0.2) is 42.7 Å². The van der Waals surface area contributed by atoms with Crippen molar-refractivity contribution in [1.82, 2.24) is 14.6 Å². The van der Waals surface area contributed by atoms with E-state index in [2.05, 4.69) is 24.1 Å². The number of piperidine rings is 1. The summed E-state index contributed by atoms with van der Waals surface area (Å²) in [7, 11) is -3.71. The molecule has 4 rings (SSSR count). The third-order valence-corrected chi connectivity index (χ3v) is 8.34. The van der Waals surface area contributed by atoms with Crippen molar-refractivity contribution in [2.24, 2.45) is 11.8 Å². The number of hydrogen-bond donors (Lipinski definition) is 2. The number of nitrogens with one attached hydrogen (secondary N) is 2. The molecule has 2 aliphatic rings. The van der Waals surface area contributed by atoms with E-state index in [1.54, 1.807) is 6.07 Å². The summed E-state index contributed by atoms with van der Waals surface area (Å²) < 4.78 is 28.0. The Kier molecular flexibility index (Phi) is 6.21. The zero-order valence-corrected chi connectivity index (χ0v) is 19.0. The third-order valence-electron chi connectivity index (χ3n) is 6.51. The number of aromatic amines is 1. The first kappa shape index (κ1) is 22.0. The highest BCUT2D eigenvalue weighted by molar-refractivity contribution is 7.89. The number of carbonyl (C=O) groups excluding carboxylic acids is 1. The molecule has 2 fully saturated rings. The van der Waals surface area contributed by atoms with Gasteiger partial charge in [0, 0.05) is 36.2 Å². The minimum atomic E-state index is -3.71. The molecule has 2 aromatic rings. The fourth-order valence-corrected chi connectivity index (χ4v) is 6.69. The highest BCUT2D eigenvalue weighted by atomic mass is 32.2. The van der Waals surface area contributed by atoms with Crippen molar-refractivity contribution in [2.75, 3.05) is 13.1 Å². The van der Waals surface area contributed by atoms with Gasteiger partial charge in [-0.3, -0.25) is 9.59 Å². The quantitative estimate of drug-likeness (QED) is 0.754. The van der Waals surface area contributed by atoms with Crippen molar-refractivity contribution in [1.29, 1.82) is 0 Å². The average molecular weight is 446 g/mol. The summed E-state index contributed by atoms with van der Waals surface area (Å²) in [4.78, 5) is 28.9. The van der Waals surface area contributed by atoms with Crippen LogP contribution in [0.1, 0.15) is 62.7 Å². The molecule has 2 unspecified atom stereocenters. The van der Waals surface area contributed by atoms with E-state index in [1.807, 2.05) is 0 Å². The zero-order chi connectivity index (χ0) is 22.2. The topological polar surface area (TPSA) is 99.3 Å². The Morgan fingerprint density at radius 2 is 1.77 bits per heavy atom. The number of pyridine rings is 1. The molecule has 2 heterocycles. The van der Waals surface area contributed by atoms with Gasteiger partial charge in [-0.05, 0) is 49.3 Å². The fourth-order valence-electron chi connectivity index (χ4n) is 4.99. The van der Waals surface area contributed by atoms with E-state index in [4.69, 9.17) is 0 Å². The van der Waals surface area contributed by atoms with Gasteiger partial charge < -0.3 is 10.3 Å². The van der Waals surface area contributed by atoms with Crippen molar-refractivity contribution >= 4 is 26.8 Å². The summed E-state index contributed by atoms with van der Waals surface area (Å²) in [5, 5.41) is 3.18. The van der Waals surface area contributed by atoms with Crippen LogP contribution in [0.5, 0.6) is 0 Å². The van der Waals surface area contributed by atoms with Gasteiger partial charge >= 0.3 is 0 Å². The molecule has 1 saturated heterocycles. The normalized spacial score (nSPS) is 23.7. The average Bonchev–Trinajstić information content (AvgIpc) is 2.73. The van der Waals surface area contributed by atoms with E-state index < -0.39 is 21.4 Å². The van der Waals surface area contributed by atoms with Gasteiger partial charge in [-0.25, -0.2) is 8.42 Å². The van der Waals surface area contributed by atoms with Gasteiger partial charge in [-0.15, -0.1) is 0 Å². The van der Waals surface area contributed by atoms with E-state index in [0.29, 0.717) is 18.6 Å². The molecule has 2 N–H and O–H groups in total. The smallest absolute Gasteiger partial charge is 0.256 e. The Balaban J connectivity index is 1.66.